The van der Waals surface area contributed by atoms with E-state index in [-0.39, 0.29) is 30.7 Å². The Bertz CT molecular complexity index is 975. The predicted molar refractivity (Wildman–Crippen MR) is 126 cm³/mol. The van der Waals surface area contributed by atoms with Crippen molar-refractivity contribution in [3.63, 3.8) is 0 Å². The molecule has 2 fully saturated rings. The Morgan fingerprint density at radius 3 is 2.42 bits per heavy atom. The summed E-state index contributed by atoms with van der Waals surface area (Å²) in [5.41, 5.74) is 2.70. The van der Waals surface area contributed by atoms with Crippen molar-refractivity contribution in [2.75, 3.05) is 69.7 Å². The second-order valence-corrected chi connectivity index (χ2v) is 8.59. The smallest absolute Gasteiger partial charge is 0.270 e. The third kappa shape index (κ3) is 6.00. The Morgan fingerprint density at radius 2 is 1.73 bits per heavy atom. The molecule has 3 heterocycles. The number of likely N-dealkylation sites (N-methyl/N-ethyl adjacent to an activating group) is 1. The molecular weight excluding hydrogens is 422 g/mol. The van der Waals surface area contributed by atoms with Crippen LogP contribution in [0.4, 0.5) is 11.4 Å². The van der Waals surface area contributed by atoms with Gasteiger partial charge in [0.2, 0.25) is 5.91 Å². The average molecular weight is 454 g/mol. The number of amides is 2. The molecule has 1 aromatic carbocycles. The number of rotatable bonds is 8. The number of hydrogen-bond donors (Lipinski definition) is 2. The number of H-pyrrole nitrogens is 1. The van der Waals surface area contributed by atoms with Crippen LogP contribution in [0.3, 0.4) is 0 Å². The van der Waals surface area contributed by atoms with Crippen molar-refractivity contribution in [3.05, 3.63) is 47.8 Å². The Balaban J connectivity index is 1.24. The minimum atomic E-state index is -0.191. The standard InChI is InChI=1S/C24H31N5O4/c1-27(16-22(30)18-14-21(25-15-18)24(32)29-8-2-3-9-29)17-23(31)26-19-4-6-20(7-5-19)28-10-12-33-13-11-28/h4-7,14-15,25H,2-3,8-13,16-17H2,1H3,(H,26,31). The van der Waals surface area contributed by atoms with Crippen LogP contribution < -0.4 is 10.2 Å². The van der Waals surface area contributed by atoms with Gasteiger partial charge in [0.1, 0.15) is 5.69 Å². The Hall–Kier alpha value is -3.17. The van der Waals surface area contributed by atoms with Crippen LogP contribution in [0, 0.1) is 0 Å². The molecule has 2 aliphatic rings. The number of nitrogens with zero attached hydrogens (tertiary/aromatic N) is 3. The van der Waals surface area contributed by atoms with E-state index in [0.29, 0.717) is 16.9 Å². The summed E-state index contributed by atoms with van der Waals surface area (Å²) in [6.45, 7) is 4.85. The molecule has 9 nitrogen and oxygen atoms in total. The van der Waals surface area contributed by atoms with Gasteiger partial charge in [-0.15, -0.1) is 0 Å². The maximum absolute atomic E-state index is 12.6. The second kappa shape index (κ2) is 10.6. The summed E-state index contributed by atoms with van der Waals surface area (Å²) < 4.78 is 5.38. The van der Waals surface area contributed by atoms with E-state index in [4.69, 9.17) is 4.74 Å². The highest BCUT2D eigenvalue weighted by Crippen LogP contribution is 2.19. The number of Topliss-reactive ketones (excluding diaryl/α,β-unsaturated/α-hetero) is 1. The maximum Gasteiger partial charge on any atom is 0.270 e. The molecular formula is C24H31N5O4. The molecule has 9 heteroatoms. The van der Waals surface area contributed by atoms with E-state index < -0.39 is 0 Å². The highest BCUT2D eigenvalue weighted by Gasteiger charge is 2.22. The van der Waals surface area contributed by atoms with E-state index in [1.807, 2.05) is 24.3 Å². The molecule has 4 rings (SSSR count). The molecule has 0 unspecified atom stereocenters. The number of aromatic amines is 1. The largest absolute Gasteiger partial charge is 0.378 e. The highest BCUT2D eigenvalue weighted by molar-refractivity contribution is 6.01. The molecule has 0 saturated carbocycles. The van der Waals surface area contributed by atoms with Crippen molar-refractivity contribution in [2.24, 2.45) is 0 Å². The zero-order valence-corrected chi connectivity index (χ0v) is 19.0. The molecule has 2 aliphatic heterocycles. The second-order valence-electron chi connectivity index (χ2n) is 8.59. The lowest BCUT2D eigenvalue weighted by molar-refractivity contribution is -0.116. The Kier molecular flexibility index (Phi) is 7.41. The van der Waals surface area contributed by atoms with Crippen molar-refractivity contribution >= 4 is 29.0 Å². The zero-order valence-electron chi connectivity index (χ0n) is 19.0. The SMILES string of the molecule is CN(CC(=O)Nc1ccc(N2CCOCC2)cc1)CC(=O)c1c[nH]c(C(=O)N2CCCC2)c1. The quantitative estimate of drug-likeness (QED) is 0.592. The molecule has 2 aromatic rings. The third-order valence-electron chi connectivity index (χ3n) is 5.98. The molecule has 0 bridgehead atoms. The summed E-state index contributed by atoms with van der Waals surface area (Å²) >= 11 is 0. The van der Waals surface area contributed by atoms with Gasteiger partial charge in [0.05, 0.1) is 26.3 Å². The number of carbonyl (C=O) groups excluding carboxylic acids is 3. The zero-order chi connectivity index (χ0) is 23.2. The number of aromatic nitrogens is 1. The van der Waals surface area contributed by atoms with Gasteiger partial charge in [-0.1, -0.05) is 0 Å². The van der Waals surface area contributed by atoms with Crippen LogP contribution in [0.1, 0.15) is 33.7 Å². The Labute approximate surface area is 193 Å². The van der Waals surface area contributed by atoms with Gasteiger partial charge in [-0.05, 0) is 50.2 Å². The van der Waals surface area contributed by atoms with Crippen molar-refractivity contribution < 1.29 is 19.1 Å². The lowest BCUT2D eigenvalue weighted by atomic mass is 10.2. The lowest BCUT2D eigenvalue weighted by Crippen LogP contribution is -2.36. The summed E-state index contributed by atoms with van der Waals surface area (Å²) in [6.07, 6.45) is 3.60. The third-order valence-corrected chi connectivity index (χ3v) is 5.98. The highest BCUT2D eigenvalue weighted by atomic mass is 16.5. The predicted octanol–water partition coefficient (Wildman–Crippen LogP) is 1.84. The number of benzene rings is 1. The number of carbonyl (C=O) groups is 3. The minimum absolute atomic E-state index is 0.0704. The molecule has 1 aromatic heterocycles. The molecule has 2 amide bonds. The number of ketones is 1. The monoisotopic (exact) mass is 453 g/mol. The van der Waals surface area contributed by atoms with Gasteiger partial charge in [0, 0.05) is 49.3 Å². The first-order chi connectivity index (χ1) is 16.0. The van der Waals surface area contributed by atoms with Crippen molar-refractivity contribution in [1.29, 1.82) is 0 Å². The van der Waals surface area contributed by atoms with Crippen LogP contribution in [-0.2, 0) is 9.53 Å². The average Bonchev–Trinajstić information content (AvgIpc) is 3.52. The van der Waals surface area contributed by atoms with E-state index in [1.54, 1.807) is 29.1 Å². The fraction of sp³-hybridized carbons (Fsp3) is 0.458. The van der Waals surface area contributed by atoms with E-state index in [0.717, 1.165) is 57.9 Å². The van der Waals surface area contributed by atoms with Crippen LogP contribution in [0.2, 0.25) is 0 Å². The number of morpholine rings is 1. The summed E-state index contributed by atoms with van der Waals surface area (Å²) in [5.74, 6) is -0.404. The van der Waals surface area contributed by atoms with Crippen LogP contribution >= 0.6 is 0 Å². The van der Waals surface area contributed by atoms with Gasteiger partial charge >= 0.3 is 0 Å². The first-order valence-electron chi connectivity index (χ1n) is 11.4. The number of anilines is 2. The molecule has 0 radical (unpaired) electrons. The number of ether oxygens (including phenoxy) is 1. The van der Waals surface area contributed by atoms with E-state index in [9.17, 15) is 14.4 Å². The summed E-state index contributed by atoms with van der Waals surface area (Å²) in [4.78, 5) is 46.1. The van der Waals surface area contributed by atoms with Gasteiger partial charge < -0.3 is 24.8 Å². The number of hydrogen-bond acceptors (Lipinski definition) is 6. The van der Waals surface area contributed by atoms with Gasteiger partial charge in [0.15, 0.2) is 5.78 Å². The normalized spacial score (nSPS) is 16.3. The van der Waals surface area contributed by atoms with Gasteiger partial charge in [0.25, 0.3) is 5.91 Å². The fourth-order valence-corrected chi connectivity index (χ4v) is 4.18. The lowest BCUT2D eigenvalue weighted by Gasteiger charge is -2.28. The van der Waals surface area contributed by atoms with Gasteiger partial charge in [-0.2, -0.15) is 0 Å². The summed E-state index contributed by atoms with van der Waals surface area (Å²) in [5, 5.41) is 2.87. The van der Waals surface area contributed by atoms with Crippen molar-refractivity contribution in [3.8, 4) is 0 Å². The Morgan fingerprint density at radius 1 is 1.03 bits per heavy atom. The summed E-state index contributed by atoms with van der Waals surface area (Å²) in [6, 6.07) is 9.34. The summed E-state index contributed by atoms with van der Waals surface area (Å²) in [7, 11) is 1.72. The minimum Gasteiger partial charge on any atom is -0.378 e. The topological polar surface area (TPSA) is 98.0 Å². The first kappa shape index (κ1) is 23.0. The van der Waals surface area contributed by atoms with E-state index >= 15 is 0 Å². The van der Waals surface area contributed by atoms with Crippen LogP contribution in [0.5, 0.6) is 0 Å². The molecule has 0 aliphatic carbocycles. The fourth-order valence-electron chi connectivity index (χ4n) is 4.18. The van der Waals surface area contributed by atoms with Crippen molar-refractivity contribution in [1.82, 2.24) is 14.8 Å². The molecule has 176 valence electrons. The van der Waals surface area contributed by atoms with Crippen LogP contribution in [0.15, 0.2) is 36.5 Å². The molecule has 2 saturated heterocycles. The van der Waals surface area contributed by atoms with E-state index in [2.05, 4.69) is 15.2 Å². The van der Waals surface area contributed by atoms with Gasteiger partial charge in [-0.25, -0.2) is 0 Å². The van der Waals surface area contributed by atoms with Crippen LogP contribution in [-0.4, -0.2) is 91.9 Å². The van der Waals surface area contributed by atoms with E-state index in [1.165, 1.54) is 0 Å². The number of likely N-dealkylation sites (tertiary alicyclic amines) is 1. The van der Waals surface area contributed by atoms with Gasteiger partial charge in [-0.3, -0.25) is 19.3 Å². The molecule has 0 spiro atoms. The van der Waals surface area contributed by atoms with Crippen molar-refractivity contribution in [2.45, 2.75) is 12.8 Å². The molecule has 2 N–H and O–H groups in total. The van der Waals surface area contributed by atoms with Crippen LogP contribution in [0.25, 0.3) is 0 Å². The molecule has 33 heavy (non-hydrogen) atoms. The first-order valence-corrected chi connectivity index (χ1v) is 11.4. The maximum atomic E-state index is 12.6. The molecule has 0 atom stereocenters. The number of nitrogens with one attached hydrogen (secondary N) is 2.